The van der Waals surface area contributed by atoms with Gasteiger partial charge in [0.25, 0.3) is 0 Å². The summed E-state index contributed by atoms with van der Waals surface area (Å²) in [6.45, 7) is 15.8. The Kier molecular flexibility index (Phi) is 11.8. The maximum absolute atomic E-state index is 3.49. The van der Waals surface area contributed by atoms with Crippen LogP contribution in [0, 0.1) is 68.8 Å². The van der Waals surface area contributed by atoms with Gasteiger partial charge in [-0.1, -0.05) is 59.6 Å². The maximum atomic E-state index is 3.49. The maximum Gasteiger partial charge on any atom is -0.0408 e. The minimum atomic E-state index is 0. The molecule has 5 aromatic rings. The topological polar surface area (TPSA) is 0 Å². The fourth-order valence-electron chi connectivity index (χ4n) is 9.53. The molecule has 0 nitrogen and oxygen atoms in total. The third-order valence-electron chi connectivity index (χ3n) is 12.5. The van der Waals surface area contributed by atoms with Gasteiger partial charge in [-0.15, -0.1) is 39.7 Å². The van der Waals surface area contributed by atoms with Crippen molar-refractivity contribution in [3.63, 3.8) is 0 Å². The van der Waals surface area contributed by atoms with Crippen LogP contribution in [0.3, 0.4) is 0 Å². The van der Waals surface area contributed by atoms with Crippen LogP contribution < -0.4 is 24.8 Å². The SMILES string of the molecule is CC1[C-]=CC(C2(C)C3CC4CC(C3)CC2C4)=C1.C[C](=[Zr+2])c1ccc2ccccc2c1.Cc1cc2[cH-]c3cc(C)c(C)cc3c2cc1C.[Cl-].[Cl-]. The van der Waals surface area contributed by atoms with Crippen molar-refractivity contribution in [3.8, 4) is 0 Å². The summed E-state index contributed by atoms with van der Waals surface area (Å²) in [7, 11) is 0. The summed E-state index contributed by atoms with van der Waals surface area (Å²) in [6.07, 6.45) is 15.9. The van der Waals surface area contributed by atoms with Crippen LogP contribution in [0.15, 0.2) is 90.5 Å². The van der Waals surface area contributed by atoms with Crippen LogP contribution in [-0.4, -0.2) is 3.21 Å². The van der Waals surface area contributed by atoms with Gasteiger partial charge in [0, 0.05) is 0 Å². The zero-order valence-corrected chi connectivity index (χ0v) is 34.2. The minimum Gasteiger partial charge on any atom is -1.00 e. The molecule has 0 heterocycles. The third-order valence-corrected chi connectivity index (χ3v) is 13.2. The van der Waals surface area contributed by atoms with Crippen molar-refractivity contribution in [2.75, 3.05) is 0 Å². The minimum absolute atomic E-state index is 0. The Labute approximate surface area is 322 Å². The number of fused-ring (bicyclic) bond motifs is 4. The van der Waals surface area contributed by atoms with Crippen molar-refractivity contribution < 1.29 is 49.0 Å². The Balaban J connectivity index is 0.000000142. The normalized spacial score (nSPS) is 26.0. The van der Waals surface area contributed by atoms with Gasteiger partial charge < -0.3 is 24.8 Å². The number of rotatable bonds is 2. The van der Waals surface area contributed by atoms with Crippen molar-refractivity contribution >= 4 is 35.5 Å². The Morgan fingerprint density at radius 3 is 1.71 bits per heavy atom. The summed E-state index contributed by atoms with van der Waals surface area (Å²) in [6, 6.07) is 26.7. The molecular formula is C46H50Cl2Zr-2. The van der Waals surface area contributed by atoms with Gasteiger partial charge in [0.1, 0.15) is 0 Å². The molecular weight excluding hydrogens is 715 g/mol. The smallest absolute Gasteiger partial charge is 0.0408 e. The van der Waals surface area contributed by atoms with Gasteiger partial charge in [0.05, 0.1) is 0 Å². The number of allylic oxidation sites excluding steroid dienone is 4. The quantitative estimate of drug-likeness (QED) is 0.186. The first-order chi connectivity index (χ1) is 22.5. The van der Waals surface area contributed by atoms with Crippen LogP contribution in [0.4, 0.5) is 0 Å². The van der Waals surface area contributed by atoms with E-state index >= 15 is 0 Å². The molecule has 0 radical (unpaired) electrons. The van der Waals surface area contributed by atoms with E-state index in [0.717, 1.165) is 23.7 Å². The summed E-state index contributed by atoms with van der Waals surface area (Å²) in [5.41, 5.74) is 9.02. The largest absolute Gasteiger partial charge is 1.00 e. The summed E-state index contributed by atoms with van der Waals surface area (Å²) in [4.78, 5) is 0. The van der Waals surface area contributed by atoms with Crippen LogP contribution >= 0.6 is 0 Å². The molecule has 0 N–H and O–H groups in total. The summed E-state index contributed by atoms with van der Waals surface area (Å²) in [5, 5.41) is 8.18. The first kappa shape index (κ1) is 38.1. The van der Waals surface area contributed by atoms with E-state index in [9.17, 15) is 0 Å². The van der Waals surface area contributed by atoms with Gasteiger partial charge in [0.15, 0.2) is 0 Å². The Morgan fingerprint density at radius 2 is 1.22 bits per heavy atom. The molecule has 4 bridgehead atoms. The molecule has 1 atom stereocenters. The number of hydrogen-bond donors (Lipinski definition) is 0. The second kappa shape index (κ2) is 15.2. The van der Waals surface area contributed by atoms with Crippen molar-refractivity contribution in [2.24, 2.45) is 35.0 Å². The van der Waals surface area contributed by atoms with E-state index in [1.165, 1.54) is 113 Å². The van der Waals surface area contributed by atoms with E-state index in [0.29, 0.717) is 11.3 Å². The standard InChI is InChI=1S/C17H23.C17H17.C12H10.2ClH.Zr/c1-11-3-4-14(5-11)17(2)15-7-12-6-13(9-15)10-16(17)8-12;1-10-5-14-9-15-6-11(2)13(4)8-17(15)16(14)7-12(10)3;1-2-10-7-8-11-5-3-4-6-12(11)9-10;;;/h4-5,11-13,15-16H,6-10H2,1-2H3;5-9H,1-4H3;3-9H,1H3;2*1H;/q2*-1;;;;+2/p-2. The van der Waals surface area contributed by atoms with Gasteiger partial charge in [-0.25, -0.2) is 6.08 Å². The van der Waals surface area contributed by atoms with E-state index in [1.54, 1.807) is 12.0 Å². The fourth-order valence-corrected chi connectivity index (χ4v) is 9.91. The molecule has 1 unspecified atom stereocenters. The molecule has 4 fully saturated rings. The van der Waals surface area contributed by atoms with Gasteiger partial charge in [-0.3, -0.25) is 6.08 Å². The van der Waals surface area contributed by atoms with E-state index in [1.807, 2.05) is 0 Å². The van der Waals surface area contributed by atoms with Crippen molar-refractivity contribution in [1.82, 2.24) is 0 Å². The Morgan fingerprint density at radius 1 is 0.714 bits per heavy atom. The van der Waals surface area contributed by atoms with Crippen molar-refractivity contribution in [1.29, 1.82) is 0 Å². The van der Waals surface area contributed by atoms with Crippen molar-refractivity contribution in [2.45, 2.75) is 80.6 Å². The van der Waals surface area contributed by atoms with Crippen LogP contribution in [0.1, 0.15) is 80.7 Å². The molecule has 5 aliphatic rings. The van der Waals surface area contributed by atoms with Gasteiger partial charge in [-0.2, -0.15) is 11.6 Å². The molecule has 0 aromatic heterocycles. The summed E-state index contributed by atoms with van der Waals surface area (Å²) < 4.78 is 1.46. The number of halogens is 2. The number of benzene rings is 4. The van der Waals surface area contributed by atoms with E-state index in [4.69, 9.17) is 0 Å². The molecule has 10 rings (SSSR count). The molecule has 5 aromatic carbocycles. The Hall–Kier alpha value is -2.18. The van der Waals surface area contributed by atoms with Gasteiger partial charge in [-0.05, 0) is 83.5 Å². The van der Waals surface area contributed by atoms with E-state index in [2.05, 4.69) is 139 Å². The number of hydrogen-bond acceptors (Lipinski definition) is 0. The zero-order chi connectivity index (χ0) is 33.0. The third kappa shape index (κ3) is 7.43. The second-order valence-electron chi connectivity index (χ2n) is 15.7. The molecule has 0 spiro atoms. The average Bonchev–Trinajstić information content (AvgIpc) is 3.63. The number of aryl methyl sites for hydroxylation is 4. The molecule has 0 saturated heterocycles. The predicted molar refractivity (Wildman–Crippen MR) is 200 cm³/mol. The summed E-state index contributed by atoms with van der Waals surface area (Å²) in [5.74, 6) is 4.68. The van der Waals surface area contributed by atoms with Crippen molar-refractivity contribution in [3.05, 3.63) is 124 Å². The monoisotopic (exact) mass is 762 g/mol. The molecule has 0 aliphatic heterocycles. The fraction of sp³-hybridized carbons (Fsp3) is 0.391. The molecule has 4 saturated carbocycles. The van der Waals surface area contributed by atoms with Crippen LogP contribution in [0.25, 0.3) is 32.3 Å². The zero-order valence-electron chi connectivity index (χ0n) is 30.3. The summed E-state index contributed by atoms with van der Waals surface area (Å²) >= 11 is 1.50. The first-order valence-corrected chi connectivity index (χ1v) is 19.2. The van der Waals surface area contributed by atoms with Crippen LogP contribution in [-0.2, 0) is 24.2 Å². The predicted octanol–water partition coefficient (Wildman–Crippen LogP) is 6.26. The van der Waals surface area contributed by atoms with Gasteiger partial charge in [0.2, 0.25) is 0 Å². The van der Waals surface area contributed by atoms with Crippen LogP contribution in [0.2, 0.25) is 0 Å². The average molecular weight is 765 g/mol. The molecule has 49 heavy (non-hydrogen) atoms. The van der Waals surface area contributed by atoms with E-state index in [-0.39, 0.29) is 24.8 Å². The van der Waals surface area contributed by atoms with E-state index < -0.39 is 0 Å². The Bertz CT molecular complexity index is 1970. The van der Waals surface area contributed by atoms with Crippen LogP contribution in [0.5, 0.6) is 0 Å². The molecule has 5 aliphatic carbocycles. The van der Waals surface area contributed by atoms with Gasteiger partial charge >= 0.3 is 93.2 Å². The molecule has 3 heteroatoms. The first-order valence-electron chi connectivity index (χ1n) is 17.9. The second-order valence-corrected chi connectivity index (χ2v) is 17.5. The molecule has 254 valence electrons. The molecule has 0 amide bonds.